The first-order chi connectivity index (χ1) is 6.75. The first kappa shape index (κ1) is 10.7. The third-order valence-corrected chi connectivity index (χ3v) is 1.81. The van der Waals surface area contributed by atoms with Gasteiger partial charge in [0.25, 0.3) is 0 Å². The van der Waals surface area contributed by atoms with Crippen LogP contribution < -0.4 is 5.32 Å². The molecule has 0 saturated carbocycles. The maximum absolute atomic E-state index is 13.0. The second-order valence-corrected chi connectivity index (χ2v) is 2.83. The SMILES string of the molecule is C#CCCNCc1c(F)cccc1F. The van der Waals surface area contributed by atoms with Crippen LogP contribution in [0.3, 0.4) is 0 Å². The molecule has 0 unspecified atom stereocenters. The van der Waals surface area contributed by atoms with Crippen LogP contribution in [0.2, 0.25) is 0 Å². The number of benzene rings is 1. The Morgan fingerprint density at radius 1 is 1.29 bits per heavy atom. The first-order valence-electron chi connectivity index (χ1n) is 4.32. The quantitative estimate of drug-likeness (QED) is 0.573. The van der Waals surface area contributed by atoms with E-state index in [0.29, 0.717) is 13.0 Å². The smallest absolute Gasteiger partial charge is 0.130 e. The van der Waals surface area contributed by atoms with Gasteiger partial charge in [-0.3, -0.25) is 0 Å². The Kier molecular flexibility index (Phi) is 4.09. The number of nitrogens with one attached hydrogen (secondary N) is 1. The summed E-state index contributed by atoms with van der Waals surface area (Å²) in [5.74, 6) is 1.37. The van der Waals surface area contributed by atoms with E-state index in [1.54, 1.807) is 0 Å². The standard InChI is InChI=1S/C11H11F2N/c1-2-3-7-14-8-9-10(12)5-4-6-11(9)13/h1,4-6,14H,3,7-8H2. The van der Waals surface area contributed by atoms with Crippen molar-refractivity contribution >= 4 is 0 Å². The number of hydrogen-bond donors (Lipinski definition) is 1. The van der Waals surface area contributed by atoms with E-state index in [9.17, 15) is 8.78 Å². The maximum Gasteiger partial charge on any atom is 0.130 e. The molecule has 1 aromatic carbocycles. The van der Waals surface area contributed by atoms with Gasteiger partial charge in [-0.2, -0.15) is 0 Å². The van der Waals surface area contributed by atoms with E-state index < -0.39 is 11.6 Å². The van der Waals surface area contributed by atoms with Crippen LogP contribution in [0.4, 0.5) is 8.78 Å². The number of hydrogen-bond acceptors (Lipinski definition) is 1. The minimum absolute atomic E-state index is 0.0597. The Hall–Kier alpha value is -1.40. The van der Waals surface area contributed by atoms with Crippen LogP contribution in [0.25, 0.3) is 0 Å². The van der Waals surface area contributed by atoms with Crippen molar-refractivity contribution in [2.24, 2.45) is 0 Å². The Morgan fingerprint density at radius 2 is 1.93 bits per heavy atom. The van der Waals surface area contributed by atoms with Crippen molar-refractivity contribution in [1.29, 1.82) is 0 Å². The van der Waals surface area contributed by atoms with Gasteiger partial charge in [0.2, 0.25) is 0 Å². The molecule has 0 atom stereocenters. The molecule has 0 amide bonds. The third kappa shape index (κ3) is 2.82. The average molecular weight is 195 g/mol. The van der Waals surface area contributed by atoms with Crippen LogP contribution in [-0.4, -0.2) is 6.54 Å². The molecule has 1 N–H and O–H groups in total. The van der Waals surface area contributed by atoms with Gasteiger partial charge in [-0.25, -0.2) is 8.78 Å². The molecule has 0 fully saturated rings. The summed E-state index contributed by atoms with van der Waals surface area (Å²) in [5, 5.41) is 2.86. The summed E-state index contributed by atoms with van der Waals surface area (Å²) in [7, 11) is 0. The van der Waals surface area contributed by atoms with Gasteiger partial charge in [0, 0.05) is 25.1 Å². The highest BCUT2D eigenvalue weighted by molar-refractivity contribution is 5.19. The van der Waals surface area contributed by atoms with Crippen LogP contribution in [0.5, 0.6) is 0 Å². The molecule has 0 aliphatic carbocycles. The molecule has 0 aliphatic rings. The summed E-state index contributed by atoms with van der Waals surface area (Å²) in [6.07, 6.45) is 5.58. The van der Waals surface area contributed by atoms with Crippen LogP contribution in [-0.2, 0) is 6.54 Å². The molecule has 3 heteroatoms. The third-order valence-electron chi connectivity index (χ3n) is 1.81. The van der Waals surface area contributed by atoms with E-state index in [1.807, 2.05) is 0 Å². The summed E-state index contributed by atoms with van der Waals surface area (Å²) < 4.78 is 26.1. The normalized spacial score (nSPS) is 9.79. The topological polar surface area (TPSA) is 12.0 Å². The van der Waals surface area contributed by atoms with Gasteiger partial charge >= 0.3 is 0 Å². The van der Waals surface area contributed by atoms with Gasteiger partial charge in [0.1, 0.15) is 11.6 Å². The van der Waals surface area contributed by atoms with Gasteiger partial charge < -0.3 is 5.32 Å². The summed E-state index contributed by atoms with van der Waals surface area (Å²) in [6.45, 7) is 0.727. The van der Waals surface area contributed by atoms with Crippen molar-refractivity contribution in [1.82, 2.24) is 5.32 Å². The molecule has 0 heterocycles. The van der Waals surface area contributed by atoms with E-state index in [2.05, 4.69) is 11.2 Å². The lowest BCUT2D eigenvalue weighted by atomic mass is 10.2. The molecule has 1 rings (SSSR count). The van der Waals surface area contributed by atoms with Crippen LogP contribution in [0, 0.1) is 24.0 Å². The molecule has 0 saturated heterocycles. The van der Waals surface area contributed by atoms with Crippen LogP contribution >= 0.6 is 0 Å². The first-order valence-corrected chi connectivity index (χ1v) is 4.32. The second-order valence-electron chi connectivity index (χ2n) is 2.83. The molecular formula is C11H11F2N. The van der Waals surface area contributed by atoms with Crippen molar-refractivity contribution in [3.05, 3.63) is 35.4 Å². The van der Waals surface area contributed by atoms with Crippen molar-refractivity contribution < 1.29 is 8.78 Å². The van der Waals surface area contributed by atoms with Gasteiger partial charge in [0.15, 0.2) is 0 Å². The molecule has 0 aromatic heterocycles. The zero-order valence-corrected chi connectivity index (χ0v) is 7.69. The van der Waals surface area contributed by atoms with Gasteiger partial charge in [-0.1, -0.05) is 6.07 Å². The predicted molar refractivity (Wildman–Crippen MR) is 51.5 cm³/mol. The van der Waals surface area contributed by atoms with Crippen molar-refractivity contribution in [2.75, 3.05) is 6.54 Å². The molecule has 14 heavy (non-hydrogen) atoms. The summed E-state index contributed by atoms with van der Waals surface area (Å²) in [5.41, 5.74) is 0.0597. The molecule has 0 radical (unpaired) electrons. The maximum atomic E-state index is 13.0. The zero-order chi connectivity index (χ0) is 10.4. The molecule has 0 spiro atoms. The van der Waals surface area contributed by atoms with Crippen molar-refractivity contribution in [3.8, 4) is 12.3 Å². The summed E-state index contributed by atoms with van der Waals surface area (Å²) in [6, 6.07) is 3.82. The lowest BCUT2D eigenvalue weighted by molar-refractivity contribution is 0.537. The highest BCUT2D eigenvalue weighted by Gasteiger charge is 2.06. The van der Waals surface area contributed by atoms with E-state index in [-0.39, 0.29) is 12.1 Å². The molecule has 1 aromatic rings. The lowest BCUT2D eigenvalue weighted by Crippen LogP contribution is -2.16. The van der Waals surface area contributed by atoms with Crippen LogP contribution in [0.1, 0.15) is 12.0 Å². The monoisotopic (exact) mass is 195 g/mol. The molecule has 74 valence electrons. The largest absolute Gasteiger partial charge is 0.312 e. The molecule has 1 nitrogen and oxygen atoms in total. The fourth-order valence-electron chi connectivity index (χ4n) is 1.08. The van der Waals surface area contributed by atoms with Gasteiger partial charge in [-0.05, 0) is 12.1 Å². The van der Waals surface area contributed by atoms with Gasteiger partial charge in [0.05, 0.1) is 0 Å². The van der Waals surface area contributed by atoms with Crippen LogP contribution in [0.15, 0.2) is 18.2 Å². The van der Waals surface area contributed by atoms with E-state index in [0.717, 1.165) is 0 Å². The number of rotatable bonds is 4. The highest BCUT2D eigenvalue weighted by atomic mass is 19.1. The molecule has 0 aliphatic heterocycles. The predicted octanol–water partition coefficient (Wildman–Crippen LogP) is 2.08. The average Bonchev–Trinajstić information content (AvgIpc) is 2.16. The minimum Gasteiger partial charge on any atom is -0.312 e. The number of halogens is 2. The summed E-state index contributed by atoms with van der Waals surface area (Å²) >= 11 is 0. The Morgan fingerprint density at radius 3 is 2.50 bits per heavy atom. The van der Waals surface area contributed by atoms with E-state index in [4.69, 9.17) is 6.42 Å². The lowest BCUT2D eigenvalue weighted by Gasteiger charge is -2.05. The van der Waals surface area contributed by atoms with Crippen molar-refractivity contribution in [2.45, 2.75) is 13.0 Å². The fraction of sp³-hybridized carbons (Fsp3) is 0.273. The van der Waals surface area contributed by atoms with E-state index in [1.165, 1.54) is 18.2 Å². The Balaban J connectivity index is 2.54. The molecule has 0 bridgehead atoms. The Bertz CT molecular complexity index is 321. The van der Waals surface area contributed by atoms with Gasteiger partial charge in [-0.15, -0.1) is 12.3 Å². The minimum atomic E-state index is -0.529. The highest BCUT2D eigenvalue weighted by Crippen LogP contribution is 2.11. The molecular weight excluding hydrogens is 184 g/mol. The second kappa shape index (κ2) is 5.36. The zero-order valence-electron chi connectivity index (χ0n) is 7.69. The fourth-order valence-corrected chi connectivity index (χ4v) is 1.08. The number of terminal acetylenes is 1. The Labute approximate surface area is 82.1 Å². The van der Waals surface area contributed by atoms with E-state index >= 15 is 0 Å². The van der Waals surface area contributed by atoms with Crippen molar-refractivity contribution in [3.63, 3.8) is 0 Å². The summed E-state index contributed by atoms with van der Waals surface area (Å²) in [4.78, 5) is 0.